The number of rotatable bonds is 4. The highest BCUT2D eigenvalue weighted by Gasteiger charge is 2.19. The maximum Gasteiger partial charge on any atom is 0.338 e. The van der Waals surface area contributed by atoms with E-state index in [1.807, 2.05) is 0 Å². The van der Waals surface area contributed by atoms with E-state index in [0.717, 1.165) is 0 Å². The molecule has 5 heteroatoms. The minimum atomic E-state index is -1.32. The molecule has 1 N–H and O–H groups in total. The van der Waals surface area contributed by atoms with Crippen LogP contribution in [0.2, 0.25) is 0 Å². The third-order valence-electron chi connectivity index (χ3n) is 2.93. The van der Waals surface area contributed by atoms with Crippen LogP contribution in [0.1, 0.15) is 10.4 Å². The molecule has 0 spiro atoms. The zero-order valence-corrected chi connectivity index (χ0v) is 11.0. The van der Waals surface area contributed by atoms with E-state index in [1.54, 1.807) is 24.3 Å². The first-order valence-electron chi connectivity index (χ1n) is 5.82. The lowest BCUT2D eigenvalue weighted by atomic mass is 10.0. The number of hydrogen-bond donors (Lipinski definition) is 1. The number of aromatic carboxylic acids is 1. The van der Waals surface area contributed by atoms with Gasteiger partial charge in [-0.15, -0.1) is 0 Å². The summed E-state index contributed by atoms with van der Waals surface area (Å²) in [5.74, 6) is -1.23. The van der Waals surface area contributed by atoms with Gasteiger partial charge in [-0.3, -0.25) is 0 Å². The molecule has 2 rings (SSSR count). The fraction of sp³-hybridized carbons (Fsp3) is 0.133. The van der Waals surface area contributed by atoms with Gasteiger partial charge in [0.1, 0.15) is 17.3 Å². The number of methoxy groups -OCH3 is 2. The second-order valence-electron chi connectivity index (χ2n) is 4.04. The highest BCUT2D eigenvalue weighted by molar-refractivity contribution is 5.91. The molecule has 104 valence electrons. The maximum absolute atomic E-state index is 14.3. The van der Waals surface area contributed by atoms with Crippen molar-refractivity contribution < 1.29 is 23.8 Å². The van der Waals surface area contributed by atoms with Crippen LogP contribution >= 0.6 is 0 Å². The van der Waals surface area contributed by atoms with Gasteiger partial charge in [0.05, 0.1) is 25.3 Å². The summed E-state index contributed by atoms with van der Waals surface area (Å²) in [6.07, 6.45) is 0. The summed E-state index contributed by atoms with van der Waals surface area (Å²) in [6, 6.07) is 9.25. The Bertz CT molecular complexity index is 635. The highest BCUT2D eigenvalue weighted by atomic mass is 19.1. The Kier molecular flexibility index (Phi) is 3.89. The second-order valence-corrected chi connectivity index (χ2v) is 4.04. The van der Waals surface area contributed by atoms with Gasteiger partial charge in [-0.2, -0.15) is 0 Å². The Morgan fingerprint density at radius 1 is 1.05 bits per heavy atom. The lowest BCUT2D eigenvalue weighted by Gasteiger charge is -2.12. The normalized spacial score (nSPS) is 10.2. The van der Waals surface area contributed by atoms with Crippen LogP contribution in [0.3, 0.4) is 0 Å². The third-order valence-corrected chi connectivity index (χ3v) is 2.93. The van der Waals surface area contributed by atoms with Crippen LogP contribution < -0.4 is 9.47 Å². The smallest absolute Gasteiger partial charge is 0.338 e. The quantitative estimate of drug-likeness (QED) is 0.931. The van der Waals surface area contributed by atoms with Crippen LogP contribution in [0, 0.1) is 5.82 Å². The van der Waals surface area contributed by atoms with Crippen molar-refractivity contribution in [2.24, 2.45) is 0 Å². The average molecular weight is 276 g/mol. The van der Waals surface area contributed by atoms with Gasteiger partial charge in [0.2, 0.25) is 0 Å². The van der Waals surface area contributed by atoms with E-state index >= 15 is 0 Å². The fourth-order valence-electron chi connectivity index (χ4n) is 1.92. The van der Waals surface area contributed by atoms with E-state index in [2.05, 4.69) is 0 Å². The zero-order chi connectivity index (χ0) is 14.7. The summed E-state index contributed by atoms with van der Waals surface area (Å²) in [7, 11) is 2.93. The zero-order valence-electron chi connectivity index (χ0n) is 11.0. The number of ether oxygens (including phenoxy) is 2. The lowest BCUT2D eigenvalue weighted by Crippen LogP contribution is -2.03. The molecular formula is C15H13FO4. The molecule has 0 aliphatic heterocycles. The van der Waals surface area contributed by atoms with Crippen LogP contribution in [-0.2, 0) is 0 Å². The van der Waals surface area contributed by atoms with Crippen LogP contribution in [0.4, 0.5) is 4.39 Å². The lowest BCUT2D eigenvalue weighted by molar-refractivity contribution is 0.0692. The van der Waals surface area contributed by atoms with E-state index in [1.165, 1.54) is 26.4 Å². The summed E-state index contributed by atoms with van der Waals surface area (Å²) in [4.78, 5) is 11.0. The first-order valence-corrected chi connectivity index (χ1v) is 5.82. The van der Waals surface area contributed by atoms with Gasteiger partial charge in [0.25, 0.3) is 0 Å². The number of carboxylic acids is 1. The molecule has 0 bridgehead atoms. The number of benzene rings is 2. The van der Waals surface area contributed by atoms with Crippen molar-refractivity contribution in [2.75, 3.05) is 14.2 Å². The topological polar surface area (TPSA) is 55.8 Å². The molecule has 0 radical (unpaired) electrons. The predicted octanol–water partition coefficient (Wildman–Crippen LogP) is 3.21. The Hall–Kier alpha value is -2.56. The van der Waals surface area contributed by atoms with Crippen molar-refractivity contribution in [1.29, 1.82) is 0 Å². The molecule has 4 nitrogen and oxygen atoms in total. The summed E-state index contributed by atoms with van der Waals surface area (Å²) in [5, 5.41) is 8.98. The molecule has 0 amide bonds. The predicted molar refractivity (Wildman–Crippen MR) is 71.9 cm³/mol. The molecule has 0 heterocycles. The highest BCUT2D eigenvalue weighted by Crippen LogP contribution is 2.35. The van der Waals surface area contributed by atoms with Gasteiger partial charge in [-0.1, -0.05) is 12.1 Å². The maximum atomic E-state index is 14.3. The van der Waals surface area contributed by atoms with Crippen molar-refractivity contribution in [3.63, 3.8) is 0 Å². The van der Waals surface area contributed by atoms with E-state index in [4.69, 9.17) is 14.6 Å². The van der Waals surface area contributed by atoms with Crippen LogP contribution in [0.25, 0.3) is 11.1 Å². The van der Waals surface area contributed by atoms with Gasteiger partial charge in [0.15, 0.2) is 0 Å². The minimum absolute atomic E-state index is 0.120. The van der Waals surface area contributed by atoms with E-state index in [-0.39, 0.29) is 11.3 Å². The molecule has 0 unspecified atom stereocenters. The van der Waals surface area contributed by atoms with Gasteiger partial charge >= 0.3 is 5.97 Å². The van der Waals surface area contributed by atoms with Crippen molar-refractivity contribution in [3.05, 3.63) is 47.8 Å². The number of hydrogen-bond acceptors (Lipinski definition) is 3. The van der Waals surface area contributed by atoms with E-state index in [0.29, 0.717) is 11.3 Å². The molecule has 20 heavy (non-hydrogen) atoms. The van der Waals surface area contributed by atoms with Crippen molar-refractivity contribution in [1.82, 2.24) is 0 Å². The summed E-state index contributed by atoms with van der Waals surface area (Å²) in [5.41, 5.74) is 0.245. The van der Waals surface area contributed by atoms with E-state index < -0.39 is 17.3 Å². The molecular weight excluding hydrogens is 263 g/mol. The first-order chi connectivity index (χ1) is 9.58. The molecule has 2 aromatic carbocycles. The van der Waals surface area contributed by atoms with Gasteiger partial charge in [-0.25, -0.2) is 9.18 Å². The number of carboxylic acid groups (broad SMARTS) is 1. The minimum Gasteiger partial charge on any atom is -0.497 e. The Morgan fingerprint density at radius 3 is 2.20 bits per heavy atom. The summed E-state index contributed by atoms with van der Waals surface area (Å²) in [6.45, 7) is 0. The molecule has 0 aliphatic rings. The number of carbonyl (C=O) groups is 1. The molecule has 0 saturated heterocycles. The van der Waals surface area contributed by atoms with Gasteiger partial charge in [0, 0.05) is 0 Å². The fourth-order valence-corrected chi connectivity index (χ4v) is 1.92. The largest absolute Gasteiger partial charge is 0.497 e. The van der Waals surface area contributed by atoms with Crippen LogP contribution in [0.5, 0.6) is 11.5 Å². The van der Waals surface area contributed by atoms with E-state index in [9.17, 15) is 9.18 Å². The monoisotopic (exact) mass is 276 g/mol. The van der Waals surface area contributed by atoms with Gasteiger partial charge in [-0.05, 0) is 29.8 Å². The summed E-state index contributed by atoms with van der Waals surface area (Å²) < 4.78 is 24.5. The Labute approximate surface area is 115 Å². The SMILES string of the molecule is COc1ccc(-c2c(OC)ccc(C(=O)O)c2F)cc1. The van der Waals surface area contributed by atoms with Crippen LogP contribution in [0.15, 0.2) is 36.4 Å². The van der Waals surface area contributed by atoms with Crippen molar-refractivity contribution in [2.45, 2.75) is 0 Å². The molecule has 0 aliphatic carbocycles. The molecule has 2 aromatic rings. The second kappa shape index (κ2) is 5.61. The Morgan fingerprint density at radius 2 is 1.70 bits per heavy atom. The molecule has 0 fully saturated rings. The third kappa shape index (κ3) is 2.42. The van der Waals surface area contributed by atoms with Crippen molar-refractivity contribution >= 4 is 5.97 Å². The van der Waals surface area contributed by atoms with Crippen LogP contribution in [-0.4, -0.2) is 25.3 Å². The average Bonchev–Trinajstić information content (AvgIpc) is 2.46. The number of halogens is 1. The summed E-state index contributed by atoms with van der Waals surface area (Å²) >= 11 is 0. The molecule has 0 atom stereocenters. The standard InChI is InChI=1S/C15H13FO4/c1-19-10-5-3-9(4-6-10)13-12(20-2)8-7-11(14(13)16)15(17)18/h3-8H,1-2H3,(H,17,18). The first kappa shape index (κ1) is 13.9. The Balaban J connectivity index is 2.63. The van der Waals surface area contributed by atoms with Gasteiger partial charge < -0.3 is 14.6 Å². The molecule has 0 aromatic heterocycles. The molecule has 0 saturated carbocycles. The van der Waals surface area contributed by atoms with Crippen molar-refractivity contribution in [3.8, 4) is 22.6 Å².